The average Bonchev–Trinajstić information content (AvgIpc) is 3.63. The number of aromatic amines is 1. The third-order valence-electron chi connectivity index (χ3n) is 7.60. The number of aromatic nitrogens is 1. The van der Waals surface area contributed by atoms with Crippen molar-refractivity contribution in [2.75, 3.05) is 20.3 Å². The number of carbonyl (C=O) groups excluding carboxylic acids is 1. The highest BCUT2D eigenvalue weighted by atomic mass is 19.4. The van der Waals surface area contributed by atoms with Gasteiger partial charge in [0.2, 0.25) is 5.91 Å². The van der Waals surface area contributed by atoms with Crippen molar-refractivity contribution in [2.45, 2.75) is 31.5 Å². The van der Waals surface area contributed by atoms with E-state index in [2.05, 4.69) is 4.98 Å². The van der Waals surface area contributed by atoms with Crippen molar-refractivity contribution in [2.24, 2.45) is 0 Å². The van der Waals surface area contributed by atoms with Crippen LogP contribution in [0.2, 0.25) is 0 Å². The van der Waals surface area contributed by atoms with E-state index in [4.69, 9.17) is 13.9 Å². The molecule has 1 N–H and O–H groups in total. The number of hydrogen-bond acceptors (Lipinski definition) is 4. The van der Waals surface area contributed by atoms with E-state index in [1.165, 1.54) is 18.2 Å². The number of nitrogens with zero attached hydrogens (tertiary/aromatic N) is 1. The molecule has 1 aliphatic rings. The summed E-state index contributed by atoms with van der Waals surface area (Å²) in [5.41, 5.74) is 1.86. The fourth-order valence-electron chi connectivity index (χ4n) is 5.62. The standard InChI is InChI=1S/C33H29F3N2O4/c1-40-22-13-14-27-25(20-22)23-17-18-38(30(39)12-7-19-41-21-8-3-2-4-9-21)32(31(23)37-27)29-16-15-28(42-29)24-10-5-6-11-26(24)33(34,35)36/h2-6,8-11,13-16,20,32,37H,7,12,17-19H2,1H3/t32-/m0/s1. The number of benzene rings is 3. The van der Waals surface area contributed by atoms with Crippen molar-refractivity contribution in [1.82, 2.24) is 9.88 Å². The Hall–Kier alpha value is -4.66. The first-order chi connectivity index (χ1) is 20.3. The molecule has 2 aromatic heterocycles. The van der Waals surface area contributed by atoms with E-state index >= 15 is 0 Å². The van der Waals surface area contributed by atoms with Crippen molar-refractivity contribution < 1.29 is 31.9 Å². The Morgan fingerprint density at radius 2 is 1.79 bits per heavy atom. The molecule has 6 rings (SSSR count). The van der Waals surface area contributed by atoms with Gasteiger partial charge in [-0.1, -0.05) is 36.4 Å². The molecule has 3 heterocycles. The summed E-state index contributed by atoms with van der Waals surface area (Å²) in [7, 11) is 1.61. The predicted octanol–water partition coefficient (Wildman–Crippen LogP) is 7.79. The van der Waals surface area contributed by atoms with Gasteiger partial charge in [0.1, 0.15) is 29.1 Å². The second kappa shape index (κ2) is 11.3. The molecular weight excluding hydrogens is 545 g/mol. The Bertz CT molecular complexity index is 1710. The number of H-pyrrole nitrogens is 1. The second-order valence-electron chi connectivity index (χ2n) is 10.2. The third kappa shape index (κ3) is 5.34. The molecular formula is C33H29F3N2O4. The molecule has 1 aliphatic heterocycles. The molecule has 0 saturated carbocycles. The maximum Gasteiger partial charge on any atom is 0.417 e. The van der Waals surface area contributed by atoms with E-state index in [1.807, 2.05) is 48.5 Å². The van der Waals surface area contributed by atoms with Crippen LogP contribution in [0.3, 0.4) is 0 Å². The molecule has 0 fully saturated rings. The number of nitrogens with one attached hydrogen (secondary N) is 1. The minimum Gasteiger partial charge on any atom is -0.497 e. The summed E-state index contributed by atoms with van der Waals surface area (Å²) in [5, 5.41) is 0.979. The largest absolute Gasteiger partial charge is 0.497 e. The highest BCUT2D eigenvalue weighted by molar-refractivity contribution is 5.88. The zero-order valence-electron chi connectivity index (χ0n) is 22.9. The molecule has 5 aromatic rings. The van der Waals surface area contributed by atoms with Gasteiger partial charge in [0.25, 0.3) is 0 Å². The first-order valence-electron chi connectivity index (χ1n) is 13.8. The molecule has 0 aliphatic carbocycles. The van der Waals surface area contributed by atoms with Gasteiger partial charge in [-0.2, -0.15) is 13.2 Å². The SMILES string of the molecule is COc1ccc2[nH]c3c(c2c1)CCN(C(=O)CCCOc1ccccc1)[C@H]3c1ccc(-c2ccccc2C(F)(F)F)o1. The maximum absolute atomic E-state index is 13.8. The summed E-state index contributed by atoms with van der Waals surface area (Å²) < 4.78 is 58.7. The van der Waals surface area contributed by atoms with Crippen LogP contribution in [0.4, 0.5) is 13.2 Å². The number of methoxy groups -OCH3 is 1. The highest BCUT2D eigenvalue weighted by Crippen LogP contribution is 2.43. The first kappa shape index (κ1) is 27.5. The van der Waals surface area contributed by atoms with Crippen LogP contribution in [0.1, 0.15) is 41.5 Å². The van der Waals surface area contributed by atoms with Crippen LogP contribution in [0.15, 0.2) is 89.3 Å². The number of ether oxygens (including phenoxy) is 2. The van der Waals surface area contributed by atoms with Crippen molar-refractivity contribution in [3.63, 3.8) is 0 Å². The summed E-state index contributed by atoms with van der Waals surface area (Å²) in [6.45, 7) is 0.806. The maximum atomic E-state index is 13.8. The topological polar surface area (TPSA) is 67.7 Å². The van der Waals surface area contributed by atoms with Crippen molar-refractivity contribution in [1.29, 1.82) is 0 Å². The lowest BCUT2D eigenvalue weighted by atomic mass is 9.95. The lowest BCUT2D eigenvalue weighted by Gasteiger charge is -2.35. The van der Waals surface area contributed by atoms with Crippen LogP contribution in [-0.4, -0.2) is 36.1 Å². The normalized spacial score (nSPS) is 15.0. The summed E-state index contributed by atoms with van der Waals surface area (Å²) in [4.78, 5) is 18.8. The average molecular weight is 575 g/mol. The fraction of sp³-hybridized carbons (Fsp3) is 0.242. The van der Waals surface area contributed by atoms with E-state index < -0.39 is 17.8 Å². The van der Waals surface area contributed by atoms with Gasteiger partial charge in [-0.05, 0) is 66.9 Å². The molecule has 216 valence electrons. The molecule has 1 atom stereocenters. The summed E-state index contributed by atoms with van der Waals surface area (Å²) in [6, 6.07) is 23.0. The van der Waals surface area contributed by atoms with Crippen LogP contribution in [-0.2, 0) is 17.4 Å². The highest BCUT2D eigenvalue weighted by Gasteiger charge is 2.38. The number of rotatable bonds is 8. The molecule has 3 aromatic carbocycles. The molecule has 9 heteroatoms. The summed E-state index contributed by atoms with van der Waals surface area (Å²) in [5.74, 6) is 1.83. The number of fused-ring (bicyclic) bond motifs is 3. The number of hydrogen-bond donors (Lipinski definition) is 1. The molecule has 1 amide bonds. The molecule has 0 radical (unpaired) electrons. The number of para-hydroxylation sites is 1. The van der Waals surface area contributed by atoms with Crippen LogP contribution >= 0.6 is 0 Å². The molecule has 0 unspecified atom stereocenters. The Balaban J connectivity index is 1.33. The van der Waals surface area contributed by atoms with E-state index in [9.17, 15) is 18.0 Å². The summed E-state index contributed by atoms with van der Waals surface area (Å²) in [6.07, 6.45) is -3.18. The number of carbonyl (C=O) groups is 1. The van der Waals surface area contributed by atoms with Crippen molar-refractivity contribution in [3.05, 3.63) is 108 Å². The zero-order valence-corrected chi connectivity index (χ0v) is 22.9. The predicted molar refractivity (Wildman–Crippen MR) is 152 cm³/mol. The van der Waals surface area contributed by atoms with E-state index in [0.29, 0.717) is 37.5 Å². The van der Waals surface area contributed by atoms with Gasteiger partial charge in [-0.15, -0.1) is 0 Å². The van der Waals surface area contributed by atoms with Crippen molar-refractivity contribution in [3.8, 4) is 22.8 Å². The van der Waals surface area contributed by atoms with Crippen LogP contribution in [0.5, 0.6) is 11.5 Å². The van der Waals surface area contributed by atoms with Gasteiger partial charge < -0.3 is 23.8 Å². The van der Waals surface area contributed by atoms with Gasteiger partial charge in [-0.25, -0.2) is 0 Å². The van der Waals surface area contributed by atoms with Crippen molar-refractivity contribution >= 4 is 16.8 Å². The van der Waals surface area contributed by atoms with Gasteiger partial charge in [0.15, 0.2) is 0 Å². The smallest absolute Gasteiger partial charge is 0.417 e. The van der Waals surface area contributed by atoms with E-state index in [-0.39, 0.29) is 23.7 Å². The zero-order chi connectivity index (χ0) is 29.3. The first-order valence-corrected chi connectivity index (χ1v) is 13.8. The quantitative estimate of drug-likeness (QED) is 0.192. The minimum atomic E-state index is -4.54. The van der Waals surface area contributed by atoms with E-state index in [0.717, 1.165) is 34.0 Å². The lowest BCUT2D eigenvalue weighted by molar-refractivity contribution is -0.137. The van der Waals surface area contributed by atoms with Crippen LogP contribution < -0.4 is 9.47 Å². The van der Waals surface area contributed by atoms with Crippen LogP contribution in [0.25, 0.3) is 22.2 Å². The van der Waals surface area contributed by atoms with Gasteiger partial charge >= 0.3 is 6.18 Å². The van der Waals surface area contributed by atoms with Crippen LogP contribution in [0, 0.1) is 0 Å². The molecule has 42 heavy (non-hydrogen) atoms. The van der Waals surface area contributed by atoms with E-state index in [1.54, 1.807) is 24.1 Å². The molecule has 0 spiro atoms. The van der Waals surface area contributed by atoms with Gasteiger partial charge in [0, 0.05) is 29.4 Å². The fourth-order valence-corrected chi connectivity index (χ4v) is 5.62. The lowest BCUT2D eigenvalue weighted by Crippen LogP contribution is -2.40. The number of amides is 1. The Morgan fingerprint density at radius 1 is 1.00 bits per heavy atom. The number of halogens is 3. The second-order valence-corrected chi connectivity index (χ2v) is 10.2. The number of furan rings is 1. The Labute approximate surface area is 240 Å². The Morgan fingerprint density at radius 3 is 2.57 bits per heavy atom. The number of alkyl halides is 3. The monoisotopic (exact) mass is 574 g/mol. The Kier molecular flexibility index (Phi) is 7.41. The molecule has 0 saturated heterocycles. The summed E-state index contributed by atoms with van der Waals surface area (Å²) >= 11 is 0. The van der Waals surface area contributed by atoms with Gasteiger partial charge in [0.05, 0.1) is 25.0 Å². The minimum absolute atomic E-state index is 0.0513. The van der Waals surface area contributed by atoms with Gasteiger partial charge in [-0.3, -0.25) is 4.79 Å². The third-order valence-corrected chi connectivity index (χ3v) is 7.60. The molecule has 0 bridgehead atoms. The molecule has 6 nitrogen and oxygen atoms in total.